The monoisotopic (exact) mass is 590 g/mol. The second-order valence-corrected chi connectivity index (χ2v) is 12.0. The average molecular weight is 591 g/mol. The van der Waals surface area contributed by atoms with Crippen LogP contribution in [-0.4, -0.2) is 38.2 Å². The molecule has 2 aliphatic rings. The van der Waals surface area contributed by atoms with E-state index < -0.39 is 11.5 Å². The minimum atomic E-state index is -1.02. The Morgan fingerprint density at radius 2 is 1.57 bits per heavy atom. The highest BCUT2D eigenvalue weighted by Gasteiger charge is 2.41. The normalized spacial score (nSPS) is 17.0. The zero-order valence-electron chi connectivity index (χ0n) is 24.8. The molecule has 0 spiro atoms. The largest absolute Gasteiger partial charge is 0.478 e. The quantitative estimate of drug-likeness (QED) is 0.187. The summed E-state index contributed by atoms with van der Waals surface area (Å²) in [6.45, 7) is 0. The smallest absolute Gasteiger partial charge is 0.328 e. The number of para-hydroxylation sites is 1. The SMILES string of the molecule is O=C(O)/C=C/c1ccc(NC(=O)C2(NC(=O)c3ccc4c(C5CCCCC5)n(-c5ccccc5)nc4c3)CCCCC2)cc1. The first-order chi connectivity index (χ1) is 21.4. The van der Waals surface area contributed by atoms with E-state index in [1.54, 1.807) is 24.3 Å². The number of carboxylic acid groups (broad SMARTS) is 1. The Kier molecular flexibility index (Phi) is 8.59. The van der Waals surface area contributed by atoms with Gasteiger partial charge in [0.25, 0.3) is 5.91 Å². The van der Waals surface area contributed by atoms with Crippen molar-refractivity contribution in [3.63, 3.8) is 0 Å². The average Bonchev–Trinajstić information content (AvgIpc) is 3.44. The molecule has 0 saturated heterocycles. The number of benzene rings is 3. The molecule has 0 atom stereocenters. The number of aliphatic carboxylic acids is 1. The van der Waals surface area contributed by atoms with Crippen molar-refractivity contribution in [3.8, 4) is 5.69 Å². The van der Waals surface area contributed by atoms with Gasteiger partial charge >= 0.3 is 5.97 Å². The number of carbonyl (C=O) groups excluding carboxylic acids is 2. The van der Waals surface area contributed by atoms with E-state index in [-0.39, 0.29) is 11.8 Å². The maximum Gasteiger partial charge on any atom is 0.328 e. The molecular formula is C36H38N4O4. The number of aromatic nitrogens is 2. The number of nitrogens with one attached hydrogen (secondary N) is 2. The van der Waals surface area contributed by atoms with Gasteiger partial charge in [0.05, 0.1) is 16.9 Å². The van der Waals surface area contributed by atoms with Crippen molar-refractivity contribution in [2.45, 2.75) is 75.7 Å². The molecule has 226 valence electrons. The lowest BCUT2D eigenvalue weighted by atomic mass is 9.80. The van der Waals surface area contributed by atoms with Gasteiger partial charge in [-0.15, -0.1) is 0 Å². The van der Waals surface area contributed by atoms with Crippen LogP contribution in [0.5, 0.6) is 0 Å². The lowest BCUT2D eigenvalue weighted by Gasteiger charge is -2.36. The van der Waals surface area contributed by atoms with E-state index in [9.17, 15) is 14.4 Å². The van der Waals surface area contributed by atoms with Crippen LogP contribution in [0.1, 0.15) is 91.7 Å². The third kappa shape index (κ3) is 6.30. The van der Waals surface area contributed by atoms with Crippen LogP contribution in [0.15, 0.2) is 78.9 Å². The zero-order valence-corrected chi connectivity index (χ0v) is 24.8. The molecule has 3 N–H and O–H groups in total. The van der Waals surface area contributed by atoms with Crippen LogP contribution < -0.4 is 10.6 Å². The number of hydrogen-bond acceptors (Lipinski definition) is 4. The fourth-order valence-electron chi connectivity index (χ4n) is 6.73. The number of rotatable bonds is 8. The number of anilines is 1. The number of carbonyl (C=O) groups is 3. The van der Waals surface area contributed by atoms with E-state index in [0.29, 0.717) is 35.6 Å². The Bertz CT molecular complexity index is 1680. The van der Waals surface area contributed by atoms with Gasteiger partial charge in [-0.25, -0.2) is 9.48 Å². The highest BCUT2D eigenvalue weighted by molar-refractivity contribution is 6.05. The fraction of sp³-hybridized carbons (Fsp3) is 0.333. The molecule has 0 unspecified atom stereocenters. The molecule has 2 fully saturated rings. The maximum atomic E-state index is 13.8. The Labute approximate surface area is 257 Å². The van der Waals surface area contributed by atoms with E-state index in [1.807, 2.05) is 36.4 Å². The second kappa shape index (κ2) is 12.9. The molecule has 2 saturated carbocycles. The maximum absolute atomic E-state index is 13.8. The number of carboxylic acids is 1. The summed E-state index contributed by atoms with van der Waals surface area (Å²) in [5, 5.41) is 21.1. The highest BCUT2D eigenvalue weighted by Crippen LogP contribution is 2.38. The van der Waals surface area contributed by atoms with Crippen LogP contribution >= 0.6 is 0 Å². The van der Waals surface area contributed by atoms with E-state index >= 15 is 0 Å². The van der Waals surface area contributed by atoms with Crippen molar-refractivity contribution in [1.29, 1.82) is 0 Å². The number of hydrogen-bond donors (Lipinski definition) is 3. The first-order valence-electron chi connectivity index (χ1n) is 15.6. The Morgan fingerprint density at radius 3 is 2.27 bits per heavy atom. The Hall–Kier alpha value is -4.72. The van der Waals surface area contributed by atoms with Gasteiger partial charge in [-0.05, 0) is 73.7 Å². The van der Waals surface area contributed by atoms with E-state index in [4.69, 9.17) is 10.2 Å². The molecule has 2 amide bonds. The standard InChI is InChI=1S/C36H38N4O4/c41-32(42)21-16-25-14-18-28(19-15-25)37-35(44)36(22-8-3-9-23-36)38-34(43)27-17-20-30-31(24-27)39-40(29-12-6-2-7-13-29)33(30)26-10-4-1-5-11-26/h2,6-7,12-21,24,26H,1,3-5,8-11,22-23H2,(H,37,44)(H,38,43)(H,41,42)/b21-16+. The lowest BCUT2D eigenvalue weighted by molar-refractivity contribution is -0.131. The van der Waals surface area contributed by atoms with Crippen LogP contribution in [0.2, 0.25) is 0 Å². The molecule has 1 heterocycles. The van der Waals surface area contributed by atoms with Gasteiger partial charge in [0.2, 0.25) is 5.91 Å². The molecular weight excluding hydrogens is 552 g/mol. The molecule has 0 bridgehead atoms. The van der Waals surface area contributed by atoms with Crippen molar-refractivity contribution in [2.24, 2.45) is 0 Å². The van der Waals surface area contributed by atoms with Gasteiger partial charge in [-0.2, -0.15) is 5.10 Å². The highest BCUT2D eigenvalue weighted by atomic mass is 16.4. The summed E-state index contributed by atoms with van der Waals surface area (Å²) < 4.78 is 2.06. The predicted octanol–water partition coefficient (Wildman–Crippen LogP) is 7.24. The van der Waals surface area contributed by atoms with Gasteiger partial charge < -0.3 is 15.7 Å². The van der Waals surface area contributed by atoms with Crippen molar-refractivity contribution < 1.29 is 19.5 Å². The molecule has 1 aromatic heterocycles. The molecule has 6 rings (SSSR count). The third-order valence-corrected chi connectivity index (χ3v) is 9.05. The van der Waals surface area contributed by atoms with Crippen LogP contribution in [0.4, 0.5) is 5.69 Å². The molecule has 2 aliphatic carbocycles. The van der Waals surface area contributed by atoms with Crippen LogP contribution in [-0.2, 0) is 9.59 Å². The van der Waals surface area contributed by atoms with Gasteiger partial charge in [-0.3, -0.25) is 9.59 Å². The molecule has 8 nitrogen and oxygen atoms in total. The van der Waals surface area contributed by atoms with Crippen molar-refractivity contribution in [2.75, 3.05) is 5.32 Å². The van der Waals surface area contributed by atoms with Crippen LogP contribution in [0, 0.1) is 0 Å². The minimum absolute atomic E-state index is 0.242. The van der Waals surface area contributed by atoms with Gasteiger partial charge in [-0.1, -0.05) is 74.9 Å². The predicted molar refractivity (Wildman–Crippen MR) is 172 cm³/mol. The van der Waals surface area contributed by atoms with Crippen molar-refractivity contribution in [3.05, 3.63) is 95.7 Å². The van der Waals surface area contributed by atoms with E-state index in [0.717, 1.165) is 54.8 Å². The lowest BCUT2D eigenvalue weighted by Crippen LogP contribution is -2.57. The summed E-state index contributed by atoms with van der Waals surface area (Å²) in [4.78, 5) is 38.3. The zero-order chi connectivity index (χ0) is 30.5. The Morgan fingerprint density at radius 1 is 0.864 bits per heavy atom. The minimum Gasteiger partial charge on any atom is -0.478 e. The summed E-state index contributed by atoms with van der Waals surface area (Å²) in [5.74, 6) is -1.13. The summed E-state index contributed by atoms with van der Waals surface area (Å²) in [7, 11) is 0. The number of fused-ring (bicyclic) bond motifs is 1. The summed E-state index contributed by atoms with van der Waals surface area (Å²) in [6.07, 6.45) is 12.3. The topological polar surface area (TPSA) is 113 Å². The molecule has 44 heavy (non-hydrogen) atoms. The molecule has 3 aromatic carbocycles. The van der Waals surface area contributed by atoms with E-state index in [1.165, 1.54) is 31.0 Å². The summed E-state index contributed by atoms with van der Waals surface area (Å²) in [5.41, 5.74) is 3.76. The van der Waals surface area contributed by atoms with Crippen molar-refractivity contribution >= 4 is 40.4 Å². The molecule has 8 heteroatoms. The van der Waals surface area contributed by atoms with Crippen molar-refractivity contribution in [1.82, 2.24) is 15.1 Å². The van der Waals surface area contributed by atoms with Crippen LogP contribution in [0.3, 0.4) is 0 Å². The first-order valence-corrected chi connectivity index (χ1v) is 15.6. The summed E-state index contributed by atoms with van der Waals surface area (Å²) >= 11 is 0. The molecule has 4 aromatic rings. The summed E-state index contributed by atoms with van der Waals surface area (Å²) in [6, 6.07) is 22.9. The van der Waals surface area contributed by atoms with Gasteiger partial charge in [0.1, 0.15) is 5.54 Å². The van der Waals surface area contributed by atoms with Crippen LogP contribution in [0.25, 0.3) is 22.7 Å². The fourth-order valence-corrected chi connectivity index (χ4v) is 6.73. The number of nitrogens with zero attached hydrogens (tertiary/aromatic N) is 2. The van der Waals surface area contributed by atoms with Gasteiger partial charge in [0.15, 0.2) is 0 Å². The second-order valence-electron chi connectivity index (χ2n) is 12.0. The van der Waals surface area contributed by atoms with Gasteiger partial charge in [0, 0.05) is 28.6 Å². The Balaban J connectivity index is 1.26. The third-order valence-electron chi connectivity index (χ3n) is 9.05. The first kappa shape index (κ1) is 29.4. The number of amides is 2. The molecule has 0 radical (unpaired) electrons. The molecule has 0 aliphatic heterocycles. The van der Waals surface area contributed by atoms with E-state index in [2.05, 4.69) is 27.4 Å².